The van der Waals surface area contributed by atoms with Gasteiger partial charge < -0.3 is 5.32 Å². The molecule has 0 saturated carbocycles. The van der Waals surface area contributed by atoms with Gasteiger partial charge in [0.1, 0.15) is 5.15 Å². The molecule has 0 spiro atoms. The van der Waals surface area contributed by atoms with Gasteiger partial charge in [-0.25, -0.2) is 4.98 Å². The average Bonchev–Trinajstić information content (AvgIpc) is 2.09. The van der Waals surface area contributed by atoms with E-state index in [1.807, 2.05) is 12.1 Å². The molecule has 12 heavy (non-hydrogen) atoms. The Labute approximate surface area is 78.0 Å². The molecule has 0 unspecified atom stereocenters. The molecule has 1 N–H and O–H groups in total. The molecule has 0 aliphatic rings. The zero-order valence-electron chi connectivity index (χ0n) is 7.18. The van der Waals surface area contributed by atoms with E-state index in [1.54, 1.807) is 6.20 Å². The third-order valence-electron chi connectivity index (χ3n) is 1.54. The monoisotopic (exact) mass is 184 g/mol. The molecule has 66 valence electrons. The second-order valence-electron chi connectivity index (χ2n) is 2.67. The van der Waals surface area contributed by atoms with Crippen molar-refractivity contribution in [2.24, 2.45) is 0 Å². The normalized spacial score (nSPS) is 10.2. The first-order valence-corrected chi connectivity index (χ1v) is 4.52. The van der Waals surface area contributed by atoms with Gasteiger partial charge in [-0.15, -0.1) is 0 Å². The molecule has 1 aromatic heterocycles. The number of hydrogen-bond acceptors (Lipinski definition) is 2. The van der Waals surface area contributed by atoms with Crippen LogP contribution in [0.25, 0.3) is 0 Å². The number of aromatic nitrogens is 1. The molecule has 1 rings (SSSR count). The second kappa shape index (κ2) is 5.12. The third-order valence-corrected chi connectivity index (χ3v) is 1.77. The quantitative estimate of drug-likeness (QED) is 0.574. The molecule has 2 nitrogen and oxygen atoms in total. The molecule has 0 radical (unpaired) electrons. The lowest BCUT2D eigenvalue weighted by atomic mass is 10.3. The number of hydrogen-bond donors (Lipinski definition) is 1. The van der Waals surface area contributed by atoms with E-state index in [9.17, 15) is 0 Å². The molecule has 1 heterocycles. The number of pyridine rings is 1. The van der Waals surface area contributed by atoms with E-state index in [0.717, 1.165) is 19.5 Å². The zero-order chi connectivity index (χ0) is 8.81. The summed E-state index contributed by atoms with van der Waals surface area (Å²) in [4.78, 5) is 3.98. The zero-order valence-corrected chi connectivity index (χ0v) is 7.93. The molecule has 3 heteroatoms. The van der Waals surface area contributed by atoms with E-state index < -0.39 is 0 Å². The fraction of sp³-hybridized carbons (Fsp3) is 0.444. The number of halogens is 1. The van der Waals surface area contributed by atoms with Crippen molar-refractivity contribution in [1.82, 2.24) is 10.3 Å². The van der Waals surface area contributed by atoms with Gasteiger partial charge in [0.2, 0.25) is 0 Å². The van der Waals surface area contributed by atoms with Crippen molar-refractivity contribution < 1.29 is 0 Å². The Hall–Kier alpha value is -0.600. The van der Waals surface area contributed by atoms with Crippen LogP contribution in [0.5, 0.6) is 0 Å². The highest BCUT2D eigenvalue weighted by molar-refractivity contribution is 6.29. The summed E-state index contributed by atoms with van der Waals surface area (Å²) in [6.45, 7) is 4.06. The minimum atomic E-state index is 0.550. The van der Waals surface area contributed by atoms with Crippen molar-refractivity contribution in [1.29, 1.82) is 0 Å². The van der Waals surface area contributed by atoms with E-state index in [-0.39, 0.29) is 0 Å². The molecular formula is C9H13ClN2. The molecule has 0 aliphatic carbocycles. The van der Waals surface area contributed by atoms with Gasteiger partial charge in [-0.3, -0.25) is 0 Å². The summed E-state index contributed by atoms with van der Waals surface area (Å²) >= 11 is 5.64. The Balaban J connectivity index is 2.37. The second-order valence-corrected chi connectivity index (χ2v) is 3.05. The highest BCUT2D eigenvalue weighted by Gasteiger charge is 1.92. The van der Waals surface area contributed by atoms with E-state index in [1.165, 1.54) is 5.56 Å². The van der Waals surface area contributed by atoms with Crippen molar-refractivity contribution >= 4 is 11.6 Å². The highest BCUT2D eigenvalue weighted by atomic mass is 35.5. The maximum absolute atomic E-state index is 5.64. The Morgan fingerprint density at radius 3 is 2.92 bits per heavy atom. The Morgan fingerprint density at radius 2 is 2.33 bits per heavy atom. The summed E-state index contributed by atoms with van der Waals surface area (Å²) in [7, 11) is 0. The van der Waals surface area contributed by atoms with Crippen LogP contribution in [0.2, 0.25) is 5.15 Å². The maximum atomic E-state index is 5.64. The minimum Gasteiger partial charge on any atom is -0.313 e. The average molecular weight is 185 g/mol. The standard InChI is InChI=1S/C9H13ClN2/c1-2-5-11-6-8-3-4-9(10)12-7-8/h3-4,7,11H,2,5-6H2,1H3. The van der Waals surface area contributed by atoms with Gasteiger partial charge in [-0.1, -0.05) is 24.6 Å². The van der Waals surface area contributed by atoms with Crippen molar-refractivity contribution in [3.05, 3.63) is 29.0 Å². The molecule has 0 bridgehead atoms. The minimum absolute atomic E-state index is 0.550. The number of rotatable bonds is 4. The van der Waals surface area contributed by atoms with Gasteiger partial charge in [-0.05, 0) is 24.6 Å². The molecule has 0 aromatic carbocycles. The number of nitrogens with one attached hydrogen (secondary N) is 1. The maximum Gasteiger partial charge on any atom is 0.129 e. The van der Waals surface area contributed by atoms with Gasteiger partial charge in [0.05, 0.1) is 0 Å². The van der Waals surface area contributed by atoms with Crippen LogP contribution in [0.15, 0.2) is 18.3 Å². The lowest BCUT2D eigenvalue weighted by Crippen LogP contribution is -2.13. The van der Waals surface area contributed by atoms with Crippen LogP contribution < -0.4 is 5.32 Å². The largest absolute Gasteiger partial charge is 0.313 e. The SMILES string of the molecule is CCCNCc1ccc(Cl)nc1. The molecule has 0 fully saturated rings. The van der Waals surface area contributed by atoms with Gasteiger partial charge >= 0.3 is 0 Å². The predicted molar refractivity (Wildman–Crippen MR) is 51.2 cm³/mol. The fourth-order valence-corrected chi connectivity index (χ4v) is 1.03. The first kappa shape index (κ1) is 9.49. The molecule has 0 amide bonds. The molecule has 1 aromatic rings. The van der Waals surface area contributed by atoms with E-state index in [2.05, 4.69) is 17.2 Å². The van der Waals surface area contributed by atoms with Crippen molar-refractivity contribution in [3.8, 4) is 0 Å². The molecule has 0 aliphatic heterocycles. The molecule has 0 atom stereocenters. The van der Waals surface area contributed by atoms with E-state index in [0.29, 0.717) is 5.15 Å². The van der Waals surface area contributed by atoms with Crippen LogP contribution in [-0.4, -0.2) is 11.5 Å². The Bertz CT molecular complexity index is 220. The van der Waals surface area contributed by atoms with E-state index in [4.69, 9.17) is 11.6 Å². The summed E-state index contributed by atoms with van der Waals surface area (Å²) in [6.07, 6.45) is 2.95. The number of nitrogens with zero attached hydrogens (tertiary/aromatic N) is 1. The Kier molecular flexibility index (Phi) is 4.05. The van der Waals surface area contributed by atoms with Crippen LogP contribution in [0, 0.1) is 0 Å². The first-order valence-electron chi connectivity index (χ1n) is 4.14. The fourth-order valence-electron chi connectivity index (χ4n) is 0.921. The predicted octanol–water partition coefficient (Wildman–Crippen LogP) is 2.23. The lowest BCUT2D eigenvalue weighted by Gasteiger charge is -2.01. The van der Waals surface area contributed by atoms with Crippen LogP contribution in [0.4, 0.5) is 0 Å². The van der Waals surface area contributed by atoms with Gasteiger partial charge in [-0.2, -0.15) is 0 Å². The molecule has 0 saturated heterocycles. The van der Waals surface area contributed by atoms with Gasteiger partial charge in [0.15, 0.2) is 0 Å². The summed E-state index contributed by atoms with van der Waals surface area (Å²) < 4.78 is 0. The lowest BCUT2D eigenvalue weighted by molar-refractivity contribution is 0.674. The van der Waals surface area contributed by atoms with Crippen molar-refractivity contribution in [2.75, 3.05) is 6.54 Å². The summed E-state index contributed by atoms with van der Waals surface area (Å²) in [5, 5.41) is 3.84. The highest BCUT2D eigenvalue weighted by Crippen LogP contribution is 2.04. The van der Waals surface area contributed by atoms with Crippen LogP contribution >= 0.6 is 11.6 Å². The van der Waals surface area contributed by atoms with Crippen LogP contribution in [-0.2, 0) is 6.54 Å². The van der Waals surface area contributed by atoms with Crippen molar-refractivity contribution in [2.45, 2.75) is 19.9 Å². The molecular weight excluding hydrogens is 172 g/mol. The van der Waals surface area contributed by atoms with Gasteiger partial charge in [0.25, 0.3) is 0 Å². The summed E-state index contributed by atoms with van der Waals surface area (Å²) in [5.41, 5.74) is 1.17. The van der Waals surface area contributed by atoms with E-state index >= 15 is 0 Å². The van der Waals surface area contributed by atoms with Crippen molar-refractivity contribution in [3.63, 3.8) is 0 Å². The smallest absolute Gasteiger partial charge is 0.129 e. The van der Waals surface area contributed by atoms with Gasteiger partial charge in [0, 0.05) is 12.7 Å². The third kappa shape index (κ3) is 3.20. The topological polar surface area (TPSA) is 24.9 Å². The van der Waals surface area contributed by atoms with Crippen LogP contribution in [0.1, 0.15) is 18.9 Å². The van der Waals surface area contributed by atoms with Crippen LogP contribution in [0.3, 0.4) is 0 Å². The summed E-state index contributed by atoms with van der Waals surface area (Å²) in [5.74, 6) is 0. The summed E-state index contributed by atoms with van der Waals surface area (Å²) in [6, 6.07) is 3.79. The first-order chi connectivity index (χ1) is 5.83. The Morgan fingerprint density at radius 1 is 1.50 bits per heavy atom.